The largest absolute Gasteiger partial charge is 0.433 e. The van der Waals surface area contributed by atoms with Gasteiger partial charge in [-0.1, -0.05) is 18.2 Å². The molecule has 0 unspecified atom stereocenters. The van der Waals surface area contributed by atoms with E-state index in [1.54, 1.807) is 32.4 Å². The van der Waals surface area contributed by atoms with E-state index in [2.05, 4.69) is 10.3 Å². The lowest BCUT2D eigenvalue weighted by Gasteiger charge is -2.22. The molecule has 1 N–H and O–H groups in total. The van der Waals surface area contributed by atoms with Crippen molar-refractivity contribution in [2.45, 2.75) is 12.6 Å². The summed E-state index contributed by atoms with van der Waals surface area (Å²) >= 11 is 0. The number of ether oxygens (including phenoxy) is 1. The number of methoxy groups -OCH3 is 1. The van der Waals surface area contributed by atoms with Crippen LogP contribution in [0.25, 0.3) is 10.9 Å². The Labute approximate surface area is 143 Å². The second-order valence-electron chi connectivity index (χ2n) is 5.59. The maximum atomic E-state index is 13.1. The fraction of sp³-hybridized carbons (Fsp3) is 0.412. The normalized spacial score (nSPS) is 11.6. The van der Waals surface area contributed by atoms with Crippen LogP contribution in [-0.2, 0) is 15.7 Å². The van der Waals surface area contributed by atoms with Crippen LogP contribution < -0.4 is 10.2 Å². The highest BCUT2D eigenvalue weighted by Crippen LogP contribution is 2.34. The molecule has 0 saturated heterocycles. The topological polar surface area (TPSA) is 54.5 Å². The second kappa shape index (κ2) is 8.15. The van der Waals surface area contributed by atoms with Gasteiger partial charge in [-0.15, -0.1) is 0 Å². The van der Waals surface area contributed by atoms with E-state index in [9.17, 15) is 18.0 Å². The monoisotopic (exact) mass is 355 g/mol. The molecule has 136 valence electrons. The second-order valence-corrected chi connectivity index (χ2v) is 5.59. The van der Waals surface area contributed by atoms with Gasteiger partial charge in [-0.3, -0.25) is 4.79 Å². The summed E-state index contributed by atoms with van der Waals surface area (Å²) in [6.07, 6.45) is -3.88. The molecule has 2 rings (SSSR count). The number of pyridine rings is 1. The predicted octanol–water partition coefficient (Wildman–Crippen LogP) is 2.84. The average Bonchev–Trinajstić information content (AvgIpc) is 2.56. The number of rotatable bonds is 7. The third-order valence-corrected chi connectivity index (χ3v) is 3.62. The number of alkyl halides is 3. The molecule has 0 bridgehead atoms. The number of carbonyl (C=O) groups excluding carboxylic acids is 1. The zero-order chi connectivity index (χ0) is 18.4. The first kappa shape index (κ1) is 19.0. The van der Waals surface area contributed by atoms with Crippen LogP contribution in [0, 0.1) is 0 Å². The van der Waals surface area contributed by atoms with Crippen LogP contribution in [0.4, 0.5) is 18.9 Å². The minimum atomic E-state index is -4.55. The maximum Gasteiger partial charge on any atom is 0.433 e. The van der Waals surface area contributed by atoms with E-state index in [1.807, 2.05) is 0 Å². The Kier molecular flexibility index (Phi) is 6.19. The molecule has 1 aromatic heterocycles. The summed E-state index contributed by atoms with van der Waals surface area (Å²) in [5, 5.41) is 3.27. The summed E-state index contributed by atoms with van der Waals surface area (Å²) in [6.45, 7) is 0.920. The molecule has 25 heavy (non-hydrogen) atoms. The highest BCUT2D eigenvalue weighted by atomic mass is 19.4. The molecule has 0 fully saturated rings. The third-order valence-electron chi connectivity index (χ3n) is 3.62. The first-order valence-electron chi connectivity index (χ1n) is 7.76. The summed E-state index contributed by atoms with van der Waals surface area (Å²) < 4.78 is 44.2. The van der Waals surface area contributed by atoms with Gasteiger partial charge in [0.25, 0.3) is 0 Å². The van der Waals surface area contributed by atoms with Gasteiger partial charge in [-0.05, 0) is 18.6 Å². The van der Waals surface area contributed by atoms with Crippen LogP contribution >= 0.6 is 0 Å². The fourth-order valence-electron chi connectivity index (χ4n) is 2.42. The van der Waals surface area contributed by atoms with Crippen molar-refractivity contribution in [1.82, 2.24) is 10.3 Å². The quantitative estimate of drug-likeness (QED) is 0.776. The van der Waals surface area contributed by atoms with Crippen LogP contribution in [0.1, 0.15) is 12.1 Å². The number of hydrogen-bond donors (Lipinski definition) is 1. The standard InChI is InChI=1S/C17H20F3N3O2/c1-23(11-16(24)21-8-5-9-25-2)14-10-15(17(18,19)20)22-13-7-4-3-6-12(13)14/h3-4,6-7,10H,5,8-9,11H2,1-2H3,(H,21,24). The minimum absolute atomic E-state index is 0.0573. The molecule has 0 spiro atoms. The number of nitrogens with zero attached hydrogens (tertiary/aromatic N) is 2. The number of benzene rings is 1. The number of likely N-dealkylation sites (N-methyl/N-ethyl adjacent to an activating group) is 1. The Morgan fingerprint density at radius 2 is 2.04 bits per heavy atom. The van der Waals surface area contributed by atoms with Crippen LogP contribution in [0.2, 0.25) is 0 Å². The molecular weight excluding hydrogens is 335 g/mol. The summed E-state index contributed by atoms with van der Waals surface area (Å²) in [6, 6.07) is 7.53. The number of para-hydroxylation sites is 1. The number of halogens is 3. The summed E-state index contributed by atoms with van der Waals surface area (Å²) in [7, 11) is 3.15. The van der Waals surface area contributed by atoms with Crippen molar-refractivity contribution in [2.75, 3.05) is 38.8 Å². The van der Waals surface area contributed by atoms with Crippen molar-refractivity contribution in [3.63, 3.8) is 0 Å². The van der Waals surface area contributed by atoms with Crippen LogP contribution in [0.3, 0.4) is 0 Å². The van der Waals surface area contributed by atoms with E-state index in [-0.39, 0.29) is 18.0 Å². The third kappa shape index (κ3) is 5.06. The number of anilines is 1. The molecule has 0 aliphatic heterocycles. The van der Waals surface area contributed by atoms with E-state index < -0.39 is 11.9 Å². The predicted molar refractivity (Wildman–Crippen MR) is 89.5 cm³/mol. The van der Waals surface area contributed by atoms with Gasteiger partial charge in [0.15, 0.2) is 0 Å². The average molecular weight is 355 g/mol. The number of carbonyl (C=O) groups is 1. The first-order chi connectivity index (χ1) is 11.8. The van der Waals surface area contributed by atoms with Crippen molar-refractivity contribution < 1.29 is 22.7 Å². The highest BCUT2D eigenvalue weighted by molar-refractivity contribution is 5.93. The molecule has 2 aromatic rings. The highest BCUT2D eigenvalue weighted by Gasteiger charge is 2.33. The lowest BCUT2D eigenvalue weighted by atomic mass is 10.1. The van der Waals surface area contributed by atoms with Gasteiger partial charge in [0, 0.05) is 38.4 Å². The van der Waals surface area contributed by atoms with E-state index in [0.29, 0.717) is 30.6 Å². The first-order valence-corrected chi connectivity index (χ1v) is 7.76. The van der Waals surface area contributed by atoms with Crippen molar-refractivity contribution in [2.24, 2.45) is 0 Å². The Bertz CT molecular complexity index is 735. The molecule has 0 saturated carbocycles. The fourth-order valence-corrected chi connectivity index (χ4v) is 2.42. The van der Waals surface area contributed by atoms with Crippen molar-refractivity contribution >= 4 is 22.5 Å². The molecule has 8 heteroatoms. The number of fused-ring (bicyclic) bond motifs is 1. The molecule has 0 atom stereocenters. The van der Waals surface area contributed by atoms with Crippen LogP contribution in [0.15, 0.2) is 30.3 Å². The maximum absolute atomic E-state index is 13.1. The van der Waals surface area contributed by atoms with Crippen molar-refractivity contribution in [3.8, 4) is 0 Å². The van der Waals surface area contributed by atoms with Gasteiger partial charge in [0.05, 0.1) is 12.1 Å². The lowest BCUT2D eigenvalue weighted by molar-refractivity contribution is -0.140. The molecule has 1 heterocycles. The van der Waals surface area contributed by atoms with Gasteiger partial charge < -0.3 is 15.0 Å². The van der Waals surface area contributed by atoms with E-state index in [4.69, 9.17) is 4.74 Å². The number of hydrogen-bond acceptors (Lipinski definition) is 4. The zero-order valence-electron chi connectivity index (χ0n) is 14.1. The van der Waals surface area contributed by atoms with Crippen LogP contribution in [0.5, 0.6) is 0 Å². The van der Waals surface area contributed by atoms with Gasteiger partial charge in [-0.25, -0.2) is 4.98 Å². The SMILES string of the molecule is COCCCNC(=O)CN(C)c1cc(C(F)(F)F)nc2ccccc12. The van der Waals surface area contributed by atoms with Crippen molar-refractivity contribution in [3.05, 3.63) is 36.0 Å². The molecule has 0 aliphatic carbocycles. The molecule has 1 aromatic carbocycles. The molecule has 1 amide bonds. The van der Waals surface area contributed by atoms with Crippen molar-refractivity contribution in [1.29, 1.82) is 0 Å². The van der Waals surface area contributed by atoms with Gasteiger partial charge in [0.2, 0.25) is 5.91 Å². The molecular formula is C17H20F3N3O2. The van der Waals surface area contributed by atoms with Crippen LogP contribution in [-0.4, -0.2) is 44.7 Å². The smallest absolute Gasteiger partial charge is 0.385 e. The molecule has 5 nitrogen and oxygen atoms in total. The Morgan fingerprint density at radius 3 is 2.72 bits per heavy atom. The number of nitrogens with one attached hydrogen (secondary N) is 1. The van der Waals surface area contributed by atoms with Gasteiger partial charge in [-0.2, -0.15) is 13.2 Å². The summed E-state index contributed by atoms with van der Waals surface area (Å²) in [4.78, 5) is 17.1. The Morgan fingerprint density at radius 1 is 1.32 bits per heavy atom. The summed E-state index contributed by atoms with van der Waals surface area (Å²) in [5.41, 5.74) is -0.432. The molecule has 0 radical (unpaired) electrons. The van der Waals surface area contributed by atoms with E-state index in [0.717, 1.165) is 6.07 Å². The number of amides is 1. The zero-order valence-corrected chi connectivity index (χ0v) is 14.1. The van der Waals surface area contributed by atoms with E-state index in [1.165, 1.54) is 11.0 Å². The Balaban J connectivity index is 2.21. The molecule has 0 aliphatic rings. The lowest BCUT2D eigenvalue weighted by Crippen LogP contribution is -2.36. The van der Waals surface area contributed by atoms with Gasteiger partial charge in [0.1, 0.15) is 5.69 Å². The number of aromatic nitrogens is 1. The van der Waals surface area contributed by atoms with E-state index >= 15 is 0 Å². The summed E-state index contributed by atoms with van der Waals surface area (Å²) in [5.74, 6) is -0.270. The minimum Gasteiger partial charge on any atom is -0.385 e. The van der Waals surface area contributed by atoms with Gasteiger partial charge >= 0.3 is 6.18 Å². The Hall–Kier alpha value is -2.35.